The predicted octanol–water partition coefficient (Wildman–Crippen LogP) is 2.39. The molecule has 0 fully saturated rings. The summed E-state index contributed by atoms with van der Waals surface area (Å²) >= 11 is 0. The topological polar surface area (TPSA) is 74.2 Å². The first-order valence-corrected chi connectivity index (χ1v) is 6.52. The van der Waals surface area contributed by atoms with Crippen molar-refractivity contribution in [1.82, 2.24) is 10.3 Å². The summed E-state index contributed by atoms with van der Waals surface area (Å²) < 4.78 is 25.5. The van der Waals surface area contributed by atoms with Gasteiger partial charge < -0.3 is 15.7 Å². The molecule has 0 saturated heterocycles. The minimum atomic E-state index is -1.36. The van der Waals surface area contributed by atoms with E-state index < -0.39 is 23.4 Å². The maximum atomic E-state index is 12.9. The van der Waals surface area contributed by atoms with Crippen LogP contribution >= 0.6 is 0 Å². The summed E-state index contributed by atoms with van der Waals surface area (Å²) in [6.45, 7) is 1.42. The normalized spacial score (nSPS) is 13.3. The number of amides is 2. The highest BCUT2D eigenvalue weighted by Gasteiger charge is 2.23. The number of nitrogens with one attached hydrogen (secondary N) is 2. The molecule has 0 aliphatic heterocycles. The van der Waals surface area contributed by atoms with Crippen molar-refractivity contribution in [2.24, 2.45) is 0 Å². The van der Waals surface area contributed by atoms with Gasteiger partial charge in [-0.3, -0.25) is 0 Å². The number of carbonyl (C=O) groups excluding carboxylic acids is 1. The molecule has 22 heavy (non-hydrogen) atoms. The summed E-state index contributed by atoms with van der Waals surface area (Å²) in [6, 6.07) is 7.25. The number of hydrogen-bond donors (Lipinski definition) is 3. The van der Waals surface area contributed by atoms with Crippen LogP contribution < -0.4 is 10.6 Å². The second kappa shape index (κ2) is 6.48. The van der Waals surface area contributed by atoms with Crippen LogP contribution in [0, 0.1) is 11.8 Å². The summed E-state index contributed by atoms with van der Waals surface area (Å²) in [5.74, 6) is -1.06. The van der Waals surface area contributed by atoms with Crippen molar-refractivity contribution >= 4 is 11.7 Å². The second-order valence-corrected chi connectivity index (χ2v) is 4.96. The van der Waals surface area contributed by atoms with Crippen LogP contribution in [0.25, 0.3) is 0 Å². The van der Waals surface area contributed by atoms with Crippen LogP contribution in [0.3, 0.4) is 0 Å². The Morgan fingerprint density at radius 3 is 2.50 bits per heavy atom. The largest absolute Gasteiger partial charge is 0.384 e. The third-order valence-corrected chi connectivity index (χ3v) is 3.04. The van der Waals surface area contributed by atoms with Gasteiger partial charge in [-0.25, -0.2) is 14.2 Å². The second-order valence-electron chi connectivity index (χ2n) is 4.96. The van der Waals surface area contributed by atoms with Crippen molar-refractivity contribution in [3.63, 3.8) is 0 Å². The van der Waals surface area contributed by atoms with Crippen LogP contribution in [0.4, 0.5) is 19.3 Å². The van der Waals surface area contributed by atoms with Crippen LogP contribution in [0.1, 0.15) is 12.5 Å². The molecule has 1 unspecified atom stereocenters. The number of anilines is 1. The molecule has 1 heterocycles. The van der Waals surface area contributed by atoms with Crippen LogP contribution in [-0.2, 0) is 5.60 Å². The van der Waals surface area contributed by atoms with Gasteiger partial charge in [-0.05, 0) is 36.8 Å². The van der Waals surface area contributed by atoms with Gasteiger partial charge in [0, 0.05) is 0 Å². The van der Waals surface area contributed by atoms with Gasteiger partial charge in [-0.2, -0.15) is 4.39 Å². The number of pyridine rings is 1. The minimum absolute atomic E-state index is 0.0842. The quantitative estimate of drug-likeness (QED) is 0.759. The Hall–Kier alpha value is -2.54. The maximum absolute atomic E-state index is 12.9. The van der Waals surface area contributed by atoms with E-state index in [2.05, 4.69) is 15.6 Å². The van der Waals surface area contributed by atoms with Gasteiger partial charge in [0.1, 0.15) is 11.4 Å². The molecule has 0 radical (unpaired) electrons. The lowest BCUT2D eigenvalue weighted by molar-refractivity contribution is 0.0599. The number of nitrogens with zero attached hydrogens (tertiary/aromatic N) is 1. The number of benzene rings is 1. The molecule has 0 spiro atoms. The van der Waals surface area contributed by atoms with E-state index in [-0.39, 0.29) is 6.54 Å². The highest BCUT2D eigenvalue weighted by Crippen LogP contribution is 2.19. The lowest BCUT2D eigenvalue weighted by atomic mass is 9.96. The number of hydrogen-bond acceptors (Lipinski definition) is 3. The van der Waals surface area contributed by atoms with Crippen molar-refractivity contribution in [3.05, 3.63) is 59.9 Å². The zero-order chi connectivity index (χ0) is 16.2. The Morgan fingerprint density at radius 1 is 1.23 bits per heavy atom. The first kappa shape index (κ1) is 15.8. The molecule has 1 aromatic heterocycles. The highest BCUT2D eigenvalue weighted by molar-refractivity contribution is 5.89. The van der Waals surface area contributed by atoms with Crippen LogP contribution in [0.15, 0.2) is 42.6 Å². The number of rotatable bonds is 4. The average molecular weight is 307 g/mol. The standard InChI is InChI=1S/C15H15F2N3O2/c1-15(22,10-2-4-11(16)5-3-10)9-19-14(21)20-12-6-7-13(17)18-8-12/h2-8,22H,9H2,1H3,(H2,19,20,21). The number of aliphatic hydroxyl groups is 1. The zero-order valence-electron chi connectivity index (χ0n) is 11.8. The van der Waals surface area contributed by atoms with Crippen LogP contribution in [0.5, 0.6) is 0 Å². The average Bonchev–Trinajstić information content (AvgIpc) is 2.48. The molecule has 5 nitrogen and oxygen atoms in total. The van der Waals surface area contributed by atoms with Crippen molar-refractivity contribution in [2.75, 3.05) is 11.9 Å². The van der Waals surface area contributed by atoms with Crippen molar-refractivity contribution in [2.45, 2.75) is 12.5 Å². The molecule has 0 saturated carbocycles. The fourth-order valence-electron chi connectivity index (χ4n) is 1.79. The smallest absolute Gasteiger partial charge is 0.319 e. The van der Waals surface area contributed by atoms with E-state index in [4.69, 9.17) is 0 Å². The van der Waals surface area contributed by atoms with Crippen molar-refractivity contribution in [3.8, 4) is 0 Å². The Morgan fingerprint density at radius 2 is 1.91 bits per heavy atom. The van der Waals surface area contributed by atoms with E-state index in [9.17, 15) is 18.7 Å². The number of halogens is 2. The third-order valence-electron chi connectivity index (χ3n) is 3.04. The van der Waals surface area contributed by atoms with E-state index in [1.165, 1.54) is 43.5 Å². The molecule has 0 bridgehead atoms. The summed E-state index contributed by atoms with van der Waals surface area (Å²) in [7, 11) is 0. The maximum Gasteiger partial charge on any atom is 0.319 e. The van der Waals surface area contributed by atoms with E-state index in [1.54, 1.807) is 0 Å². The minimum Gasteiger partial charge on any atom is -0.384 e. The van der Waals surface area contributed by atoms with E-state index in [0.29, 0.717) is 11.3 Å². The molecular weight excluding hydrogens is 292 g/mol. The molecule has 2 amide bonds. The van der Waals surface area contributed by atoms with Crippen molar-refractivity contribution < 1.29 is 18.7 Å². The van der Waals surface area contributed by atoms with Gasteiger partial charge >= 0.3 is 6.03 Å². The molecule has 116 valence electrons. The predicted molar refractivity (Wildman–Crippen MR) is 77.2 cm³/mol. The van der Waals surface area contributed by atoms with Crippen molar-refractivity contribution in [1.29, 1.82) is 0 Å². The van der Waals surface area contributed by atoms with E-state index in [1.807, 2.05) is 0 Å². The number of carbonyl (C=O) groups is 1. The zero-order valence-corrected chi connectivity index (χ0v) is 11.8. The lowest BCUT2D eigenvalue weighted by Crippen LogP contribution is -2.40. The van der Waals surface area contributed by atoms with Crippen LogP contribution in [-0.4, -0.2) is 22.7 Å². The van der Waals surface area contributed by atoms with Gasteiger partial charge in [0.2, 0.25) is 5.95 Å². The third kappa shape index (κ3) is 4.23. The molecule has 3 N–H and O–H groups in total. The summed E-state index contributed by atoms with van der Waals surface area (Å²) in [4.78, 5) is 15.1. The summed E-state index contributed by atoms with van der Waals surface area (Å²) in [5, 5.41) is 15.2. The monoisotopic (exact) mass is 307 g/mol. The Labute approximate surface area is 126 Å². The van der Waals surface area contributed by atoms with Gasteiger partial charge in [-0.15, -0.1) is 0 Å². The first-order chi connectivity index (χ1) is 10.4. The lowest BCUT2D eigenvalue weighted by Gasteiger charge is -2.24. The van der Waals surface area contributed by atoms with E-state index >= 15 is 0 Å². The molecule has 7 heteroatoms. The molecular formula is C15H15F2N3O2. The summed E-state index contributed by atoms with van der Waals surface area (Å²) in [5.41, 5.74) is -0.565. The molecule has 1 aromatic carbocycles. The Balaban J connectivity index is 1.92. The van der Waals surface area contributed by atoms with E-state index in [0.717, 1.165) is 6.07 Å². The summed E-state index contributed by atoms with van der Waals surface area (Å²) in [6.07, 6.45) is 1.17. The van der Waals surface area contributed by atoms with Gasteiger partial charge in [0.25, 0.3) is 0 Å². The Kier molecular flexibility index (Phi) is 4.67. The number of urea groups is 1. The molecule has 2 aromatic rings. The SMILES string of the molecule is CC(O)(CNC(=O)Nc1ccc(F)nc1)c1ccc(F)cc1. The molecule has 2 rings (SSSR count). The highest BCUT2D eigenvalue weighted by atomic mass is 19.1. The fraction of sp³-hybridized carbons (Fsp3) is 0.200. The first-order valence-electron chi connectivity index (χ1n) is 6.52. The molecule has 1 atom stereocenters. The molecule has 0 aliphatic rings. The van der Waals surface area contributed by atoms with Crippen LogP contribution in [0.2, 0.25) is 0 Å². The molecule has 0 aliphatic carbocycles. The Bertz CT molecular complexity index is 643. The fourth-order valence-corrected chi connectivity index (χ4v) is 1.79. The van der Waals surface area contributed by atoms with Gasteiger partial charge in [0.05, 0.1) is 18.4 Å². The number of aromatic nitrogens is 1. The van der Waals surface area contributed by atoms with Gasteiger partial charge in [0.15, 0.2) is 0 Å². The van der Waals surface area contributed by atoms with Gasteiger partial charge in [-0.1, -0.05) is 12.1 Å².